The highest BCUT2D eigenvalue weighted by Crippen LogP contribution is 2.30. The van der Waals surface area contributed by atoms with E-state index in [0.717, 1.165) is 6.42 Å². The Morgan fingerprint density at radius 1 is 1.16 bits per heavy atom. The molecule has 2 N–H and O–H groups in total. The third-order valence-corrected chi connectivity index (χ3v) is 4.47. The molecule has 0 saturated carbocycles. The summed E-state index contributed by atoms with van der Waals surface area (Å²) in [7, 11) is 1.49. The predicted octanol–water partition coefficient (Wildman–Crippen LogP) is 2.68. The van der Waals surface area contributed by atoms with Crippen molar-refractivity contribution in [1.82, 2.24) is 9.80 Å². The van der Waals surface area contributed by atoms with Gasteiger partial charge in [-0.1, -0.05) is 25.4 Å². The summed E-state index contributed by atoms with van der Waals surface area (Å²) in [6, 6.07) is 3.10. The average Bonchev–Trinajstić information content (AvgIpc) is 2.81. The van der Waals surface area contributed by atoms with Crippen LogP contribution in [0, 0.1) is 5.92 Å². The summed E-state index contributed by atoms with van der Waals surface area (Å²) in [6.07, 6.45) is 0.745. The Bertz CT molecular complexity index is 638. The van der Waals surface area contributed by atoms with E-state index in [1.807, 2.05) is 18.7 Å². The lowest BCUT2D eigenvalue weighted by atomic mass is 10.1. The molecular weight excluding hydrogens is 365 g/mol. The Hall–Kier alpha value is -1.66. The number of nitrogen functional groups attached to an aromatic ring is 1. The van der Waals surface area contributed by atoms with Crippen molar-refractivity contribution >= 4 is 41.5 Å². The summed E-state index contributed by atoms with van der Waals surface area (Å²) in [5, 5.41) is 0.325. The van der Waals surface area contributed by atoms with E-state index in [1.54, 1.807) is 17.0 Å². The number of carbonyl (C=O) groups excluding carboxylic acids is 2. The van der Waals surface area contributed by atoms with Crippen molar-refractivity contribution in [3.8, 4) is 5.75 Å². The smallest absolute Gasteiger partial charge is 0.257 e. The zero-order chi connectivity index (χ0) is 17.9. The van der Waals surface area contributed by atoms with Crippen LogP contribution in [-0.2, 0) is 4.79 Å². The maximum Gasteiger partial charge on any atom is 0.257 e. The van der Waals surface area contributed by atoms with Crippen LogP contribution < -0.4 is 10.5 Å². The topological polar surface area (TPSA) is 75.9 Å². The summed E-state index contributed by atoms with van der Waals surface area (Å²) in [5.41, 5.74) is 6.53. The molecule has 0 atom stereocenters. The van der Waals surface area contributed by atoms with Gasteiger partial charge in [0, 0.05) is 38.2 Å². The number of ether oxygens (including phenoxy) is 1. The number of nitrogens with zero attached hydrogens (tertiary/aromatic N) is 2. The van der Waals surface area contributed by atoms with Gasteiger partial charge in [-0.25, -0.2) is 0 Å². The number of hydrogen-bond acceptors (Lipinski definition) is 4. The van der Waals surface area contributed by atoms with Crippen LogP contribution in [0.15, 0.2) is 12.1 Å². The molecule has 0 unspecified atom stereocenters. The lowest BCUT2D eigenvalue weighted by Crippen LogP contribution is -2.39. The fourth-order valence-electron chi connectivity index (χ4n) is 2.78. The molecule has 0 aromatic heterocycles. The zero-order valence-corrected chi connectivity index (χ0v) is 16.3. The number of benzene rings is 1. The van der Waals surface area contributed by atoms with Crippen LogP contribution in [0.2, 0.25) is 5.02 Å². The number of nitrogens with two attached hydrogens (primary N) is 1. The number of anilines is 1. The van der Waals surface area contributed by atoms with Gasteiger partial charge in [0.1, 0.15) is 5.75 Å². The molecule has 0 bridgehead atoms. The van der Waals surface area contributed by atoms with E-state index in [2.05, 4.69) is 0 Å². The van der Waals surface area contributed by atoms with E-state index in [9.17, 15) is 9.59 Å². The Morgan fingerprint density at radius 3 is 2.36 bits per heavy atom. The second-order valence-corrected chi connectivity index (χ2v) is 6.61. The molecule has 2 amide bonds. The third-order valence-electron chi connectivity index (χ3n) is 4.14. The molecule has 0 radical (unpaired) electrons. The Balaban J connectivity index is 0.00000312. The van der Waals surface area contributed by atoms with Crippen LogP contribution in [0.3, 0.4) is 0 Å². The van der Waals surface area contributed by atoms with Gasteiger partial charge in [-0.15, -0.1) is 12.4 Å². The Morgan fingerprint density at radius 2 is 1.76 bits per heavy atom. The van der Waals surface area contributed by atoms with Crippen LogP contribution in [0.5, 0.6) is 5.75 Å². The van der Waals surface area contributed by atoms with E-state index in [-0.39, 0.29) is 30.1 Å². The second kappa shape index (κ2) is 9.15. The van der Waals surface area contributed by atoms with Crippen LogP contribution in [-0.4, -0.2) is 54.9 Å². The number of hydrogen-bond donors (Lipinski definition) is 1. The van der Waals surface area contributed by atoms with Crippen molar-refractivity contribution < 1.29 is 14.3 Å². The first-order valence-electron chi connectivity index (χ1n) is 8.06. The molecule has 0 spiro atoms. The van der Waals surface area contributed by atoms with Gasteiger partial charge in [-0.2, -0.15) is 0 Å². The largest absolute Gasteiger partial charge is 0.496 e. The molecule has 6 nitrogen and oxygen atoms in total. The van der Waals surface area contributed by atoms with Crippen molar-refractivity contribution in [1.29, 1.82) is 0 Å². The van der Waals surface area contributed by atoms with Crippen LogP contribution >= 0.6 is 24.0 Å². The number of rotatable bonds is 3. The molecular formula is C17H25Cl2N3O3. The number of carbonyl (C=O) groups is 2. The molecule has 1 saturated heterocycles. The number of halogens is 2. The highest BCUT2D eigenvalue weighted by atomic mass is 35.5. The molecule has 1 aromatic rings. The first kappa shape index (κ1) is 21.4. The van der Waals surface area contributed by atoms with Crippen molar-refractivity contribution in [2.24, 2.45) is 5.92 Å². The van der Waals surface area contributed by atoms with E-state index in [0.29, 0.717) is 48.2 Å². The zero-order valence-electron chi connectivity index (χ0n) is 14.8. The van der Waals surface area contributed by atoms with Gasteiger partial charge in [0.05, 0.1) is 23.4 Å². The van der Waals surface area contributed by atoms with Gasteiger partial charge in [-0.05, 0) is 12.5 Å². The Labute approximate surface area is 159 Å². The van der Waals surface area contributed by atoms with Gasteiger partial charge in [0.2, 0.25) is 5.91 Å². The molecule has 140 valence electrons. The molecule has 0 aliphatic carbocycles. The molecule has 2 rings (SSSR count). The molecule has 25 heavy (non-hydrogen) atoms. The number of amides is 2. The highest BCUT2D eigenvalue weighted by Gasteiger charge is 2.26. The first-order chi connectivity index (χ1) is 11.3. The van der Waals surface area contributed by atoms with Crippen molar-refractivity contribution in [3.05, 3.63) is 22.7 Å². The summed E-state index contributed by atoms with van der Waals surface area (Å²) in [4.78, 5) is 28.6. The fourth-order valence-corrected chi connectivity index (χ4v) is 2.95. The highest BCUT2D eigenvalue weighted by molar-refractivity contribution is 6.33. The van der Waals surface area contributed by atoms with Gasteiger partial charge >= 0.3 is 0 Å². The summed E-state index contributed by atoms with van der Waals surface area (Å²) < 4.78 is 5.26. The monoisotopic (exact) mass is 389 g/mol. The molecule has 1 heterocycles. The standard InChI is InChI=1S/C17H24ClN3O3.ClH/c1-11(2)16(22)20-5-4-6-21(8-7-20)17(23)12-9-13(18)14(19)10-15(12)24-3;/h9-11H,4-8,19H2,1-3H3;1H. The molecule has 1 aromatic carbocycles. The lowest BCUT2D eigenvalue weighted by molar-refractivity contribution is -0.134. The van der Waals surface area contributed by atoms with Gasteiger partial charge in [0.25, 0.3) is 5.91 Å². The maximum atomic E-state index is 12.8. The molecule has 1 aliphatic heterocycles. The summed E-state index contributed by atoms with van der Waals surface area (Å²) in [5.74, 6) is 0.328. The predicted molar refractivity (Wildman–Crippen MR) is 102 cm³/mol. The summed E-state index contributed by atoms with van der Waals surface area (Å²) in [6.45, 7) is 6.05. The second-order valence-electron chi connectivity index (χ2n) is 6.20. The van der Waals surface area contributed by atoms with E-state index in [4.69, 9.17) is 22.1 Å². The molecule has 1 aliphatic rings. The molecule has 8 heteroatoms. The summed E-state index contributed by atoms with van der Waals surface area (Å²) >= 11 is 6.05. The van der Waals surface area contributed by atoms with Crippen LogP contribution in [0.25, 0.3) is 0 Å². The number of methoxy groups -OCH3 is 1. The maximum absolute atomic E-state index is 12.8. The minimum atomic E-state index is -0.160. The van der Waals surface area contributed by atoms with Crippen molar-refractivity contribution in [2.45, 2.75) is 20.3 Å². The van der Waals surface area contributed by atoms with Gasteiger partial charge < -0.3 is 20.3 Å². The van der Waals surface area contributed by atoms with Gasteiger partial charge in [0.15, 0.2) is 0 Å². The van der Waals surface area contributed by atoms with E-state index in [1.165, 1.54) is 7.11 Å². The van der Waals surface area contributed by atoms with Crippen molar-refractivity contribution in [2.75, 3.05) is 39.0 Å². The minimum absolute atomic E-state index is 0. The quantitative estimate of drug-likeness (QED) is 0.806. The molecule has 1 fully saturated rings. The first-order valence-corrected chi connectivity index (χ1v) is 8.44. The SMILES string of the molecule is COc1cc(N)c(Cl)cc1C(=O)N1CCCN(C(=O)C(C)C)CC1.Cl. The van der Waals surface area contributed by atoms with E-state index < -0.39 is 0 Å². The normalized spacial score (nSPS) is 14.8. The third kappa shape index (κ3) is 4.92. The van der Waals surface area contributed by atoms with Gasteiger partial charge in [-0.3, -0.25) is 9.59 Å². The average molecular weight is 390 g/mol. The minimum Gasteiger partial charge on any atom is -0.496 e. The van der Waals surface area contributed by atoms with Crippen LogP contribution in [0.4, 0.5) is 5.69 Å². The lowest BCUT2D eigenvalue weighted by Gasteiger charge is -2.24. The Kier molecular flexibility index (Phi) is 7.83. The fraction of sp³-hybridized carbons (Fsp3) is 0.529. The van der Waals surface area contributed by atoms with Crippen molar-refractivity contribution in [3.63, 3.8) is 0 Å². The van der Waals surface area contributed by atoms with E-state index >= 15 is 0 Å². The van der Waals surface area contributed by atoms with Crippen LogP contribution in [0.1, 0.15) is 30.6 Å².